The van der Waals surface area contributed by atoms with Crippen LogP contribution in [-0.2, 0) is 13.0 Å². The van der Waals surface area contributed by atoms with Crippen LogP contribution in [0.4, 0.5) is 0 Å². The predicted octanol–water partition coefficient (Wildman–Crippen LogP) is 4.23. The number of carbonyl (C=O) groups is 1. The van der Waals surface area contributed by atoms with E-state index in [0.717, 1.165) is 16.9 Å². The predicted molar refractivity (Wildman–Crippen MR) is 105 cm³/mol. The van der Waals surface area contributed by atoms with Crippen LogP contribution in [0.15, 0.2) is 54.7 Å². The van der Waals surface area contributed by atoms with Gasteiger partial charge < -0.3 is 4.90 Å². The summed E-state index contributed by atoms with van der Waals surface area (Å²) in [6.07, 6.45) is 2.27. The van der Waals surface area contributed by atoms with Crippen LogP contribution in [0.5, 0.6) is 0 Å². The molecule has 5 nitrogen and oxygen atoms in total. The van der Waals surface area contributed by atoms with Crippen molar-refractivity contribution in [3.8, 4) is 11.8 Å². The van der Waals surface area contributed by atoms with Gasteiger partial charge in [0.25, 0.3) is 5.91 Å². The van der Waals surface area contributed by atoms with Crippen LogP contribution in [0.3, 0.4) is 0 Å². The molecular weight excluding hydrogens is 360 g/mol. The van der Waals surface area contributed by atoms with E-state index in [1.54, 1.807) is 41.0 Å². The van der Waals surface area contributed by atoms with E-state index in [9.17, 15) is 4.79 Å². The summed E-state index contributed by atoms with van der Waals surface area (Å²) in [5.74, 6) is -0.0931. The number of hydrogen-bond donors (Lipinski definition) is 0. The van der Waals surface area contributed by atoms with Crippen LogP contribution in [0.2, 0.25) is 5.02 Å². The number of aromatic nitrogens is 2. The summed E-state index contributed by atoms with van der Waals surface area (Å²) in [4.78, 5) is 14.6. The second-order valence-electron chi connectivity index (χ2n) is 6.22. The number of rotatable bonds is 5. The van der Waals surface area contributed by atoms with E-state index < -0.39 is 0 Å². The first-order valence-corrected chi connectivity index (χ1v) is 8.98. The molecule has 0 aliphatic heterocycles. The highest BCUT2D eigenvalue weighted by Gasteiger charge is 2.20. The van der Waals surface area contributed by atoms with Crippen LogP contribution >= 0.6 is 11.6 Å². The normalized spacial score (nSPS) is 10.4. The van der Waals surface area contributed by atoms with Crippen molar-refractivity contribution in [2.75, 3.05) is 7.05 Å². The van der Waals surface area contributed by atoms with Gasteiger partial charge in [-0.05, 0) is 42.3 Å². The van der Waals surface area contributed by atoms with Gasteiger partial charge in [0.15, 0.2) is 0 Å². The zero-order valence-electron chi connectivity index (χ0n) is 15.2. The smallest absolute Gasteiger partial charge is 0.257 e. The van der Waals surface area contributed by atoms with E-state index >= 15 is 0 Å². The minimum absolute atomic E-state index is 0.0931. The van der Waals surface area contributed by atoms with Gasteiger partial charge in [-0.15, -0.1) is 0 Å². The minimum Gasteiger partial charge on any atom is -0.337 e. The lowest BCUT2D eigenvalue weighted by molar-refractivity contribution is 0.0784. The molecule has 136 valence electrons. The Morgan fingerprint density at radius 1 is 1.26 bits per heavy atom. The number of amides is 1. The molecule has 27 heavy (non-hydrogen) atoms. The largest absolute Gasteiger partial charge is 0.337 e. The van der Waals surface area contributed by atoms with Crippen molar-refractivity contribution in [2.24, 2.45) is 0 Å². The quantitative estimate of drug-likeness (QED) is 0.667. The zero-order chi connectivity index (χ0) is 19.4. The van der Waals surface area contributed by atoms with E-state index in [1.807, 2.05) is 37.3 Å². The maximum absolute atomic E-state index is 13.0. The Kier molecular flexibility index (Phi) is 5.58. The van der Waals surface area contributed by atoms with E-state index in [-0.39, 0.29) is 5.91 Å². The SMILES string of the molecule is CCc1c(C(=O)N(C)Cc2ccc(C#N)cc2)cnn1-c1cccc(Cl)c1. The third-order valence-corrected chi connectivity index (χ3v) is 4.57. The van der Waals surface area contributed by atoms with E-state index in [2.05, 4.69) is 11.2 Å². The molecule has 3 rings (SSSR count). The molecule has 0 aliphatic rings. The fourth-order valence-corrected chi connectivity index (χ4v) is 3.14. The van der Waals surface area contributed by atoms with Gasteiger partial charge in [0.2, 0.25) is 0 Å². The lowest BCUT2D eigenvalue weighted by atomic mass is 10.1. The third kappa shape index (κ3) is 4.02. The molecule has 0 fully saturated rings. The van der Waals surface area contributed by atoms with Crippen molar-refractivity contribution < 1.29 is 4.79 Å². The number of hydrogen-bond acceptors (Lipinski definition) is 3. The van der Waals surface area contributed by atoms with Crippen LogP contribution in [0.1, 0.15) is 34.1 Å². The first kappa shape index (κ1) is 18.7. The van der Waals surface area contributed by atoms with Crippen LogP contribution < -0.4 is 0 Å². The Morgan fingerprint density at radius 3 is 2.63 bits per heavy atom. The third-order valence-electron chi connectivity index (χ3n) is 4.34. The Bertz CT molecular complexity index is 1000. The number of nitrogens with zero attached hydrogens (tertiary/aromatic N) is 4. The van der Waals surface area contributed by atoms with Crippen molar-refractivity contribution in [1.29, 1.82) is 5.26 Å². The van der Waals surface area contributed by atoms with Crippen LogP contribution in [0, 0.1) is 11.3 Å². The number of nitriles is 1. The van der Waals surface area contributed by atoms with Crippen molar-refractivity contribution in [2.45, 2.75) is 19.9 Å². The summed E-state index contributed by atoms with van der Waals surface area (Å²) in [6, 6.07) is 16.7. The zero-order valence-corrected chi connectivity index (χ0v) is 15.9. The number of benzene rings is 2. The monoisotopic (exact) mass is 378 g/mol. The van der Waals surface area contributed by atoms with Gasteiger partial charge in [-0.3, -0.25) is 4.79 Å². The van der Waals surface area contributed by atoms with Gasteiger partial charge in [0.1, 0.15) is 0 Å². The first-order valence-electron chi connectivity index (χ1n) is 8.60. The van der Waals surface area contributed by atoms with Crippen LogP contribution in [0.25, 0.3) is 5.69 Å². The highest BCUT2D eigenvalue weighted by Crippen LogP contribution is 2.20. The highest BCUT2D eigenvalue weighted by molar-refractivity contribution is 6.30. The summed E-state index contributed by atoms with van der Waals surface area (Å²) < 4.78 is 1.76. The Morgan fingerprint density at radius 2 is 2.00 bits per heavy atom. The molecule has 2 aromatic carbocycles. The van der Waals surface area contributed by atoms with Gasteiger partial charge in [0.05, 0.1) is 34.8 Å². The second kappa shape index (κ2) is 8.07. The minimum atomic E-state index is -0.0931. The molecule has 6 heteroatoms. The molecule has 0 unspecified atom stereocenters. The van der Waals surface area contributed by atoms with Gasteiger partial charge >= 0.3 is 0 Å². The highest BCUT2D eigenvalue weighted by atomic mass is 35.5. The molecule has 1 aromatic heterocycles. The molecule has 0 N–H and O–H groups in total. The van der Waals surface area contributed by atoms with E-state index in [1.165, 1.54) is 0 Å². The molecule has 0 saturated heterocycles. The Hall–Kier alpha value is -3.10. The molecule has 0 radical (unpaired) electrons. The molecule has 1 amide bonds. The maximum atomic E-state index is 13.0. The van der Waals surface area contributed by atoms with Crippen molar-refractivity contribution >= 4 is 17.5 Å². The molecule has 1 heterocycles. The molecule has 3 aromatic rings. The molecule has 0 atom stereocenters. The average molecular weight is 379 g/mol. The lowest BCUT2D eigenvalue weighted by Gasteiger charge is -2.17. The molecule has 0 spiro atoms. The summed E-state index contributed by atoms with van der Waals surface area (Å²) >= 11 is 6.09. The van der Waals surface area contributed by atoms with Crippen LogP contribution in [-0.4, -0.2) is 27.6 Å². The van der Waals surface area contributed by atoms with E-state index in [4.69, 9.17) is 16.9 Å². The van der Waals surface area contributed by atoms with Crippen molar-refractivity contribution in [3.63, 3.8) is 0 Å². The Balaban J connectivity index is 1.84. The van der Waals surface area contributed by atoms with Gasteiger partial charge in [0, 0.05) is 18.6 Å². The lowest BCUT2D eigenvalue weighted by Crippen LogP contribution is -2.27. The fraction of sp³-hybridized carbons (Fsp3) is 0.190. The first-order chi connectivity index (χ1) is 13.0. The van der Waals surface area contributed by atoms with E-state index in [0.29, 0.717) is 29.1 Å². The molecule has 0 bridgehead atoms. The molecule has 0 saturated carbocycles. The standard InChI is InChI=1S/C21H19ClN4O/c1-3-20-19(13-24-26(20)18-6-4-5-17(22)11-18)21(27)25(2)14-16-9-7-15(12-23)8-10-16/h4-11,13H,3,14H2,1-2H3. The summed E-state index contributed by atoms with van der Waals surface area (Å²) in [5.41, 5.74) is 3.81. The number of halogens is 1. The average Bonchev–Trinajstić information content (AvgIpc) is 3.12. The van der Waals surface area contributed by atoms with Gasteiger partial charge in [-0.25, -0.2) is 4.68 Å². The fourth-order valence-electron chi connectivity index (χ4n) is 2.96. The molecular formula is C21H19ClN4O. The van der Waals surface area contributed by atoms with Gasteiger partial charge in [-0.2, -0.15) is 10.4 Å². The van der Waals surface area contributed by atoms with Crippen molar-refractivity contribution in [3.05, 3.63) is 82.1 Å². The van der Waals surface area contributed by atoms with Gasteiger partial charge in [-0.1, -0.05) is 36.7 Å². The maximum Gasteiger partial charge on any atom is 0.257 e. The van der Waals surface area contributed by atoms with Crippen molar-refractivity contribution in [1.82, 2.24) is 14.7 Å². The molecule has 0 aliphatic carbocycles. The Labute approximate surface area is 163 Å². The summed E-state index contributed by atoms with van der Waals surface area (Å²) in [5, 5.41) is 13.9. The topological polar surface area (TPSA) is 61.9 Å². The number of carbonyl (C=O) groups excluding carboxylic acids is 1. The summed E-state index contributed by atoms with van der Waals surface area (Å²) in [6.45, 7) is 2.45. The summed E-state index contributed by atoms with van der Waals surface area (Å²) in [7, 11) is 1.76. The second-order valence-corrected chi connectivity index (χ2v) is 6.66.